The number of rotatable bonds is 5. The minimum Gasteiger partial charge on any atom is -0.384 e. The van der Waals surface area contributed by atoms with Crippen molar-refractivity contribution in [2.75, 3.05) is 11.6 Å². The van der Waals surface area contributed by atoms with Gasteiger partial charge in [0.2, 0.25) is 0 Å². The Morgan fingerprint density at radius 2 is 1.83 bits per heavy atom. The predicted molar refractivity (Wildman–Crippen MR) is 85.6 cm³/mol. The first-order valence-corrected chi connectivity index (χ1v) is 7.40. The molecule has 0 saturated carbocycles. The number of halogens is 2. The maximum absolute atomic E-state index is 13.0. The van der Waals surface area contributed by atoms with Crippen LogP contribution in [0.5, 0.6) is 0 Å². The van der Waals surface area contributed by atoms with Crippen LogP contribution in [-0.2, 0) is 13.1 Å². The number of aromatic nitrogens is 2. The molecule has 0 radical (unpaired) electrons. The first-order valence-electron chi connectivity index (χ1n) is 6.87. The number of carbonyl (C=O) groups is 1. The Hall–Kier alpha value is -2.41. The monoisotopic (exact) mass is 339 g/mol. The van der Waals surface area contributed by atoms with Crippen molar-refractivity contribution >= 4 is 23.2 Å². The number of alkyl halides is 1. The molecule has 8 heteroatoms. The van der Waals surface area contributed by atoms with Crippen molar-refractivity contribution in [1.82, 2.24) is 9.13 Å². The number of nitrogen functional groups attached to an aromatic ring is 1. The van der Waals surface area contributed by atoms with Gasteiger partial charge in [0.1, 0.15) is 17.2 Å². The fourth-order valence-corrected chi connectivity index (χ4v) is 2.38. The van der Waals surface area contributed by atoms with Crippen LogP contribution in [-0.4, -0.2) is 20.8 Å². The molecule has 2 aromatic rings. The van der Waals surface area contributed by atoms with E-state index in [9.17, 15) is 18.8 Å². The first-order chi connectivity index (χ1) is 10.9. The molecule has 6 nitrogen and oxygen atoms in total. The Kier molecular flexibility index (Phi) is 5.00. The molecule has 0 aliphatic rings. The van der Waals surface area contributed by atoms with Crippen LogP contribution in [0.1, 0.15) is 22.8 Å². The lowest BCUT2D eigenvalue weighted by atomic mass is 10.2. The molecular formula is C15H15ClFN3O3. The largest absolute Gasteiger partial charge is 0.384 e. The predicted octanol–water partition coefficient (Wildman–Crippen LogP) is 1.22. The summed E-state index contributed by atoms with van der Waals surface area (Å²) in [7, 11) is 0. The summed E-state index contributed by atoms with van der Waals surface area (Å²) in [5, 5.41) is 0. The molecule has 0 fully saturated rings. The maximum Gasteiger partial charge on any atom is 0.332 e. The van der Waals surface area contributed by atoms with E-state index in [1.807, 2.05) is 0 Å². The molecule has 0 bridgehead atoms. The van der Waals surface area contributed by atoms with Crippen LogP contribution in [0.2, 0.25) is 0 Å². The quantitative estimate of drug-likeness (QED) is 0.655. The van der Waals surface area contributed by atoms with Crippen LogP contribution >= 0.6 is 11.6 Å². The number of hydrogen-bond donors (Lipinski definition) is 1. The maximum atomic E-state index is 13.0. The van der Waals surface area contributed by atoms with Gasteiger partial charge in [0.05, 0.1) is 12.4 Å². The Balaban J connectivity index is 2.67. The van der Waals surface area contributed by atoms with E-state index in [0.717, 1.165) is 9.13 Å². The van der Waals surface area contributed by atoms with Gasteiger partial charge >= 0.3 is 5.69 Å². The van der Waals surface area contributed by atoms with E-state index in [-0.39, 0.29) is 24.5 Å². The minimum absolute atomic E-state index is 0.00773. The summed E-state index contributed by atoms with van der Waals surface area (Å²) in [6, 6.07) is 5.48. The first kappa shape index (κ1) is 17.0. The molecule has 0 unspecified atom stereocenters. The summed E-state index contributed by atoms with van der Waals surface area (Å²) < 4.78 is 15.0. The molecule has 122 valence electrons. The van der Waals surface area contributed by atoms with Gasteiger partial charge < -0.3 is 5.73 Å². The van der Waals surface area contributed by atoms with Gasteiger partial charge in [0.15, 0.2) is 5.78 Å². The molecule has 0 spiro atoms. The number of carbonyl (C=O) groups excluding carboxylic acids is 1. The number of Topliss-reactive ketones (excluding diaryl/α,β-unsaturated/α-hetero) is 1. The van der Waals surface area contributed by atoms with Gasteiger partial charge in [-0.05, 0) is 24.6 Å². The van der Waals surface area contributed by atoms with Crippen molar-refractivity contribution in [3.8, 4) is 0 Å². The molecule has 23 heavy (non-hydrogen) atoms. The minimum atomic E-state index is -0.754. The highest BCUT2D eigenvalue weighted by Crippen LogP contribution is 2.11. The Bertz CT molecular complexity index is 856. The van der Waals surface area contributed by atoms with Crippen molar-refractivity contribution in [3.05, 3.63) is 62.0 Å². The van der Waals surface area contributed by atoms with E-state index in [0.29, 0.717) is 5.56 Å². The highest BCUT2D eigenvalue weighted by Gasteiger charge is 2.21. The second-order valence-corrected chi connectivity index (χ2v) is 5.13. The molecular weight excluding hydrogens is 325 g/mol. The van der Waals surface area contributed by atoms with Crippen molar-refractivity contribution < 1.29 is 9.18 Å². The number of nitrogens with zero attached hydrogens (tertiary/aromatic N) is 2. The van der Waals surface area contributed by atoms with Crippen LogP contribution in [0.25, 0.3) is 0 Å². The van der Waals surface area contributed by atoms with Crippen molar-refractivity contribution in [2.45, 2.75) is 20.0 Å². The zero-order chi connectivity index (χ0) is 17.1. The zero-order valence-corrected chi connectivity index (χ0v) is 13.1. The molecule has 2 N–H and O–H groups in total. The highest BCUT2D eigenvalue weighted by molar-refractivity contribution is 6.31. The van der Waals surface area contributed by atoms with Gasteiger partial charge in [-0.3, -0.25) is 18.7 Å². The topological polar surface area (TPSA) is 87.1 Å². The Morgan fingerprint density at radius 3 is 2.35 bits per heavy atom. The molecule has 0 amide bonds. The van der Waals surface area contributed by atoms with Gasteiger partial charge in [-0.15, -0.1) is 11.6 Å². The van der Waals surface area contributed by atoms with E-state index in [4.69, 9.17) is 17.3 Å². The summed E-state index contributed by atoms with van der Waals surface area (Å²) in [4.78, 5) is 36.5. The average molecular weight is 340 g/mol. The molecule has 0 saturated heterocycles. The van der Waals surface area contributed by atoms with Gasteiger partial charge in [-0.2, -0.15) is 0 Å². The molecule has 0 aliphatic heterocycles. The summed E-state index contributed by atoms with van der Waals surface area (Å²) >= 11 is 5.51. The van der Waals surface area contributed by atoms with Crippen LogP contribution in [0.3, 0.4) is 0 Å². The average Bonchev–Trinajstić information content (AvgIpc) is 2.53. The lowest BCUT2D eigenvalue weighted by molar-refractivity contribution is 0.101. The summed E-state index contributed by atoms with van der Waals surface area (Å²) in [6.45, 7) is 1.70. The third-order valence-electron chi connectivity index (χ3n) is 3.44. The highest BCUT2D eigenvalue weighted by atomic mass is 35.5. The third-order valence-corrected chi connectivity index (χ3v) is 3.68. The normalized spacial score (nSPS) is 10.7. The summed E-state index contributed by atoms with van der Waals surface area (Å²) in [5.41, 5.74) is 4.77. The van der Waals surface area contributed by atoms with Crippen LogP contribution in [0.15, 0.2) is 33.9 Å². The fourth-order valence-electron chi connectivity index (χ4n) is 2.25. The lowest BCUT2D eigenvalue weighted by Gasteiger charge is -2.15. The number of hydrogen-bond acceptors (Lipinski definition) is 4. The van der Waals surface area contributed by atoms with Gasteiger partial charge in [-0.1, -0.05) is 12.1 Å². The second kappa shape index (κ2) is 6.78. The van der Waals surface area contributed by atoms with Gasteiger partial charge in [0, 0.05) is 6.54 Å². The Labute approximate surface area is 135 Å². The summed E-state index contributed by atoms with van der Waals surface area (Å²) in [5.74, 6) is -1.72. The molecule has 2 rings (SSSR count). The molecule has 1 heterocycles. The SMILES string of the molecule is CCn1c(=O)c(C(=O)CCl)c(N)n(Cc2ccc(F)cc2)c1=O. The van der Waals surface area contributed by atoms with Crippen molar-refractivity contribution in [3.63, 3.8) is 0 Å². The van der Waals surface area contributed by atoms with E-state index in [1.54, 1.807) is 6.92 Å². The zero-order valence-electron chi connectivity index (χ0n) is 12.4. The van der Waals surface area contributed by atoms with E-state index in [1.165, 1.54) is 24.3 Å². The van der Waals surface area contributed by atoms with Crippen LogP contribution in [0.4, 0.5) is 10.2 Å². The van der Waals surface area contributed by atoms with Crippen molar-refractivity contribution in [1.29, 1.82) is 0 Å². The standard InChI is InChI=1S/C15H15ClFN3O3/c1-2-19-14(22)12(11(21)7-16)13(18)20(15(19)23)8-9-3-5-10(17)6-4-9/h3-6H,2,7-8,18H2,1H3. The number of benzene rings is 1. The smallest absolute Gasteiger partial charge is 0.332 e. The summed E-state index contributed by atoms with van der Waals surface area (Å²) in [6.07, 6.45) is 0. The molecule has 0 atom stereocenters. The molecule has 1 aromatic carbocycles. The lowest BCUT2D eigenvalue weighted by Crippen LogP contribution is -2.44. The second-order valence-electron chi connectivity index (χ2n) is 4.86. The number of nitrogens with two attached hydrogens (primary N) is 1. The Morgan fingerprint density at radius 1 is 1.22 bits per heavy atom. The fraction of sp³-hybridized carbons (Fsp3) is 0.267. The van der Waals surface area contributed by atoms with Crippen LogP contribution in [0, 0.1) is 5.82 Å². The van der Waals surface area contributed by atoms with E-state index >= 15 is 0 Å². The molecule has 1 aromatic heterocycles. The van der Waals surface area contributed by atoms with Gasteiger partial charge in [-0.25, -0.2) is 9.18 Å². The van der Waals surface area contributed by atoms with E-state index < -0.39 is 28.7 Å². The number of anilines is 1. The van der Waals surface area contributed by atoms with Gasteiger partial charge in [0.25, 0.3) is 5.56 Å². The third kappa shape index (κ3) is 3.19. The van der Waals surface area contributed by atoms with E-state index in [2.05, 4.69) is 0 Å². The van der Waals surface area contributed by atoms with Crippen molar-refractivity contribution in [2.24, 2.45) is 0 Å². The number of ketones is 1. The molecule has 0 aliphatic carbocycles. The van der Waals surface area contributed by atoms with Crippen LogP contribution < -0.4 is 17.0 Å².